The lowest BCUT2D eigenvalue weighted by Gasteiger charge is -2.11. The third-order valence-electron chi connectivity index (χ3n) is 7.14. The number of hydrazone groups is 2. The van der Waals surface area contributed by atoms with Gasteiger partial charge in [0.1, 0.15) is 0 Å². The molecule has 0 radical (unpaired) electrons. The summed E-state index contributed by atoms with van der Waals surface area (Å²) in [7, 11) is 0. The zero-order valence-corrected chi connectivity index (χ0v) is 25.3. The topological polar surface area (TPSA) is 89.4 Å². The molecule has 2 aliphatic rings. The van der Waals surface area contributed by atoms with Gasteiger partial charge in [0, 0.05) is 33.8 Å². The number of rotatable bonds is 7. The van der Waals surface area contributed by atoms with Crippen LogP contribution in [0.4, 0.5) is 22.7 Å². The van der Waals surface area contributed by atoms with Crippen LogP contribution in [0.5, 0.6) is 0 Å². The summed E-state index contributed by atoms with van der Waals surface area (Å²) in [5.74, 6) is -0.422. The Morgan fingerprint density at radius 3 is 1.23 bits per heavy atom. The third-order valence-corrected chi connectivity index (χ3v) is 7.64. The molecule has 0 aliphatic carbocycles. The second-order valence-corrected chi connectivity index (χ2v) is 11.0. The van der Waals surface area contributed by atoms with Gasteiger partial charge in [-0.1, -0.05) is 47.5 Å². The van der Waals surface area contributed by atoms with Crippen molar-refractivity contribution in [2.75, 3.05) is 20.7 Å². The fraction of sp³-hybridized carbons (Fsp3) is 0.0588. The van der Waals surface area contributed by atoms with Gasteiger partial charge in [0.2, 0.25) is 0 Å². The van der Waals surface area contributed by atoms with Crippen LogP contribution in [0.15, 0.2) is 131 Å². The van der Waals surface area contributed by atoms with E-state index in [0.717, 1.165) is 22.5 Å². The lowest BCUT2D eigenvalue weighted by atomic mass is 10.0. The van der Waals surface area contributed by atoms with Gasteiger partial charge in [-0.2, -0.15) is 20.2 Å². The first-order valence-corrected chi connectivity index (χ1v) is 14.5. The van der Waals surface area contributed by atoms with Gasteiger partial charge in [0.25, 0.3) is 11.8 Å². The van der Waals surface area contributed by atoms with Crippen LogP contribution in [0.1, 0.15) is 13.8 Å². The van der Waals surface area contributed by atoms with Gasteiger partial charge in [-0.25, -0.2) is 0 Å². The van der Waals surface area contributed by atoms with E-state index in [1.807, 2.05) is 48.5 Å². The molecule has 6 rings (SSSR count). The van der Waals surface area contributed by atoms with Crippen molar-refractivity contribution in [3.63, 3.8) is 0 Å². The molecule has 0 aromatic heterocycles. The minimum Gasteiger partial charge on any atom is -0.361 e. The van der Waals surface area contributed by atoms with Crippen LogP contribution in [-0.4, -0.2) is 23.2 Å². The molecule has 0 fully saturated rings. The van der Waals surface area contributed by atoms with Gasteiger partial charge < -0.3 is 10.6 Å². The third kappa shape index (κ3) is 5.99. The fourth-order valence-electron chi connectivity index (χ4n) is 4.71. The van der Waals surface area contributed by atoms with E-state index in [-0.39, 0.29) is 11.8 Å². The predicted octanol–water partition coefficient (Wildman–Crippen LogP) is 8.10. The first-order chi connectivity index (χ1) is 21.3. The Labute approximate surface area is 264 Å². The molecule has 2 amide bonds. The van der Waals surface area contributed by atoms with Crippen molar-refractivity contribution in [2.24, 2.45) is 10.2 Å². The Hall–Kier alpha value is -5.18. The highest BCUT2D eigenvalue weighted by atomic mass is 35.5. The van der Waals surface area contributed by atoms with E-state index >= 15 is 0 Å². The zero-order valence-electron chi connectivity index (χ0n) is 23.8. The van der Waals surface area contributed by atoms with Crippen molar-refractivity contribution in [1.29, 1.82) is 0 Å². The molecule has 0 saturated carbocycles. The van der Waals surface area contributed by atoms with Crippen LogP contribution in [0, 0.1) is 0 Å². The molecule has 0 spiro atoms. The van der Waals surface area contributed by atoms with E-state index in [0.29, 0.717) is 44.0 Å². The lowest BCUT2D eigenvalue weighted by molar-refractivity contribution is -0.115. The lowest BCUT2D eigenvalue weighted by Crippen LogP contribution is -2.21. The summed E-state index contributed by atoms with van der Waals surface area (Å²) in [5.41, 5.74) is 7.26. The molecule has 2 heterocycles. The Morgan fingerprint density at radius 2 is 0.886 bits per heavy atom. The zero-order chi connectivity index (χ0) is 30.8. The normalized spacial score (nSPS) is 16.5. The predicted molar refractivity (Wildman–Crippen MR) is 179 cm³/mol. The number of nitrogens with one attached hydrogen (secondary N) is 2. The van der Waals surface area contributed by atoms with Crippen molar-refractivity contribution >= 4 is 69.2 Å². The highest BCUT2D eigenvalue weighted by molar-refractivity contribution is 6.32. The van der Waals surface area contributed by atoms with Crippen molar-refractivity contribution in [1.82, 2.24) is 0 Å². The molecular formula is C34H26Cl2N6O2. The van der Waals surface area contributed by atoms with E-state index in [9.17, 15) is 9.59 Å². The Balaban J connectivity index is 1.08. The highest BCUT2D eigenvalue weighted by Gasteiger charge is 2.29. The van der Waals surface area contributed by atoms with E-state index in [1.165, 1.54) is 10.0 Å². The number of carbonyl (C=O) groups excluding carboxylic acids is 2. The number of anilines is 4. The summed E-state index contributed by atoms with van der Waals surface area (Å²) < 4.78 is 0. The molecule has 44 heavy (non-hydrogen) atoms. The smallest absolute Gasteiger partial charge is 0.282 e. The quantitative estimate of drug-likeness (QED) is 0.204. The van der Waals surface area contributed by atoms with Crippen molar-refractivity contribution in [3.05, 3.63) is 131 Å². The van der Waals surface area contributed by atoms with Crippen LogP contribution in [0.2, 0.25) is 10.0 Å². The number of halogens is 2. The fourth-order valence-corrected chi connectivity index (χ4v) is 4.96. The molecule has 4 aromatic rings. The van der Waals surface area contributed by atoms with Gasteiger partial charge in [-0.3, -0.25) is 9.59 Å². The standard InChI is InChI=1S/C34H26Cl2N6O2/c1-21-31(33(43)41(39-21)29-15-7-25(35)8-16-29)19-37-27-11-3-23(4-12-27)24-5-13-28(14-6-24)38-20-32-22(2)40-42(34(32)44)30-17-9-26(36)10-18-30/h3-20,37-38H,1-2H3/b31-19-,32-20+. The Bertz CT molecular complexity index is 1720. The molecule has 10 heteroatoms. The van der Waals surface area contributed by atoms with Gasteiger partial charge in [0.15, 0.2) is 0 Å². The second kappa shape index (κ2) is 12.2. The van der Waals surface area contributed by atoms with E-state index < -0.39 is 0 Å². The summed E-state index contributed by atoms with van der Waals surface area (Å²) in [6.45, 7) is 3.60. The molecular weight excluding hydrogens is 595 g/mol. The maximum Gasteiger partial charge on any atom is 0.282 e. The number of amides is 2. The minimum absolute atomic E-state index is 0.211. The molecule has 0 saturated heterocycles. The average molecular weight is 622 g/mol. The Kier molecular flexibility index (Phi) is 8.02. The SMILES string of the molecule is CC1=NN(c2ccc(Cl)cc2)C(=O)/C1=C\Nc1ccc(-c2ccc(N/C=C3/C(=O)N(c4ccc(Cl)cc4)N=C3C)cc2)cc1. The van der Waals surface area contributed by atoms with Crippen LogP contribution >= 0.6 is 23.2 Å². The number of carbonyl (C=O) groups is 2. The molecule has 8 nitrogen and oxygen atoms in total. The van der Waals surface area contributed by atoms with E-state index in [4.69, 9.17) is 23.2 Å². The summed E-state index contributed by atoms with van der Waals surface area (Å²) in [5, 5.41) is 19.1. The van der Waals surface area contributed by atoms with Gasteiger partial charge in [-0.05, 0) is 97.8 Å². The maximum atomic E-state index is 13.0. The van der Waals surface area contributed by atoms with E-state index in [1.54, 1.807) is 74.8 Å². The molecule has 0 unspecified atom stereocenters. The maximum absolute atomic E-state index is 13.0. The average Bonchev–Trinajstić information content (AvgIpc) is 3.48. The molecule has 4 aromatic carbocycles. The van der Waals surface area contributed by atoms with Crippen molar-refractivity contribution < 1.29 is 9.59 Å². The molecule has 0 atom stereocenters. The van der Waals surface area contributed by atoms with Gasteiger partial charge in [-0.15, -0.1) is 0 Å². The monoisotopic (exact) mass is 620 g/mol. The minimum atomic E-state index is -0.211. The van der Waals surface area contributed by atoms with Crippen molar-refractivity contribution in [3.8, 4) is 11.1 Å². The highest BCUT2D eigenvalue weighted by Crippen LogP contribution is 2.28. The molecule has 218 valence electrons. The first-order valence-electron chi connectivity index (χ1n) is 13.7. The molecule has 2 N–H and O–H groups in total. The number of benzene rings is 4. The van der Waals surface area contributed by atoms with Crippen molar-refractivity contribution in [2.45, 2.75) is 13.8 Å². The van der Waals surface area contributed by atoms with E-state index in [2.05, 4.69) is 20.8 Å². The van der Waals surface area contributed by atoms with Gasteiger partial charge >= 0.3 is 0 Å². The summed E-state index contributed by atoms with van der Waals surface area (Å²) >= 11 is 11.9. The number of hydrogen-bond donors (Lipinski definition) is 2. The summed E-state index contributed by atoms with van der Waals surface area (Å²) in [6, 6.07) is 29.8. The molecule has 0 bridgehead atoms. The first kappa shape index (κ1) is 28.9. The summed E-state index contributed by atoms with van der Waals surface area (Å²) in [4.78, 5) is 25.9. The van der Waals surface area contributed by atoms with Crippen LogP contribution in [0.25, 0.3) is 11.1 Å². The van der Waals surface area contributed by atoms with Crippen LogP contribution < -0.4 is 20.7 Å². The number of hydrogen-bond acceptors (Lipinski definition) is 6. The van der Waals surface area contributed by atoms with Gasteiger partial charge in [0.05, 0.1) is 33.9 Å². The second-order valence-electron chi connectivity index (χ2n) is 10.1. The summed E-state index contributed by atoms with van der Waals surface area (Å²) in [6.07, 6.45) is 3.36. The Morgan fingerprint density at radius 1 is 0.545 bits per heavy atom. The molecule has 2 aliphatic heterocycles. The largest absolute Gasteiger partial charge is 0.361 e. The van der Waals surface area contributed by atoms with Crippen LogP contribution in [0.3, 0.4) is 0 Å². The van der Waals surface area contributed by atoms with Crippen LogP contribution in [-0.2, 0) is 9.59 Å². The number of nitrogens with zero attached hydrogens (tertiary/aromatic N) is 4.